The molecule has 8 heteroatoms. The standard InChI is InChI=1S/C25H30N2O5S/c1-7-17(13-18-15(2)26-22(24(3,4)5)21(18)33(6,29)30)27-23(28)25(10-11-25)16-8-9-19-20(12-16)32-14-31-19/h7-9,12-13,26H,2,10-11,14H2,1,3-6H3,(H,27,28)/b17-7+,18-13+. The lowest BCUT2D eigenvalue weighted by Gasteiger charge is -2.18. The number of H-pyrrole nitrogens is 1. The van der Waals surface area contributed by atoms with Gasteiger partial charge in [-0.2, -0.15) is 0 Å². The Balaban J connectivity index is 1.70. The fourth-order valence-electron chi connectivity index (χ4n) is 4.18. The van der Waals surface area contributed by atoms with E-state index in [1.54, 1.807) is 19.1 Å². The Morgan fingerprint density at radius 3 is 2.45 bits per heavy atom. The fraction of sp³-hybridized carbons (Fsp3) is 0.400. The maximum atomic E-state index is 13.3. The van der Waals surface area contributed by atoms with Gasteiger partial charge in [0.2, 0.25) is 12.7 Å². The number of ether oxygens (including phenoxy) is 2. The molecule has 1 amide bonds. The maximum Gasteiger partial charge on any atom is 0.235 e. The average molecular weight is 471 g/mol. The first-order chi connectivity index (χ1) is 15.4. The van der Waals surface area contributed by atoms with Crippen molar-refractivity contribution in [2.75, 3.05) is 13.0 Å². The molecule has 176 valence electrons. The summed E-state index contributed by atoms with van der Waals surface area (Å²) in [6, 6.07) is 5.59. The molecule has 1 fully saturated rings. The number of rotatable bonds is 5. The van der Waals surface area contributed by atoms with Gasteiger partial charge < -0.3 is 19.8 Å². The van der Waals surface area contributed by atoms with Crippen LogP contribution in [0.2, 0.25) is 0 Å². The summed E-state index contributed by atoms with van der Waals surface area (Å²) in [5, 5.41) is 3.95. The van der Waals surface area contributed by atoms with Crippen molar-refractivity contribution in [3.05, 3.63) is 51.8 Å². The topological polar surface area (TPSA) is 97.5 Å². The molecule has 0 atom stereocenters. The molecule has 0 radical (unpaired) electrons. The highest BCUT2D eigenvalue weighted by Gasteiger charge is 2.51. The molecule has 1 aromatic heterocycles. The van der Waals surface area contributed by atoms with Crippen molar-refractivity contribution in [1.29, 1.82) is 0 Å². The average Bonchev–Trinajstić information content (AvgIpc) is 3.27. The van der Waals surface area contributed by atoms with Crippen molar-refractivity contribution in [2.45, 2.75) is 56.3 Å². The molecule has 4 rings (SSSR count). The fourth-order valence-corrected chi connectivity index (χ4v) is 5.49. The highest BCUT2D eigenvalue weighted by Crippen LogP contribution is 2.50. The number of sulfone groups is 1. The normalized spacial score (nSPS) is 17.8. The largest absolute Gasteiger partial charge is 0.454 e. The van der Waals surface area contributed by atoms with Crippen molar-refractivity contribution < 1.29 is 22.7 Å². The third-order valence-electron chi connectivity index (χ3n) is 6.17. The SMILES string of the molecule is C=c1[nH]c(C(C)(C)C)c(S(C)(=O)=O)/c1=C/C(=C\C)NC(=O)C1(c2ccc3c(c2)OCO3)CC1. The van der Waals surface area contributed by atoms with Crippen LogP contribution in [0.5, 0.6) is 11.5 Å². The van der Waals surface area contributed by atoms with Gasteiger partial charge >= 0.3 is 0 Å². The summed E-state index contributed by atoms with van der Waals surface area (Å²) < 4.78 is 36.2. The number of carbonyl (C=O) groups excluding carboxylic acids is 1. The number of hydrogen-bond donors (Lipinski definition) is 2. The van der Waals surface area contributed by atoms with Crippen LogP contribution >= 0.6 is 0 Å². The molecule has 1 aliphatic heterocycles. The van der Waals surface area contributed by atoms with Gasteiger partial charge in [0.1, 0.15) is 0 Å². The van der Waals surface area contributed by atoms with E-state index in [-0.39, 0.29) is 17.6 Å². The van der Waals surface area contributed by atoms with Crippen LogP contribution in [0.3, 0.4) is 0 Å². The Bertz CT molecular complexity index is 1370. The third kappa shape index (κ3) is 4.19. The van der Waals surface area contributed by atoms with Gasteiger partial charge in [0.15, 0.2) is 21.3 Å². The zero-order valence-corrected chi connectivity index (χ0v) is 20.5. The van der Waals surface area contributed by atoms with Gasteiger partial charge in [-0.25, -0.2) is 8.42 Å². The second-order valence-electron chi connectivity index (χ2n) is 9.74. The minimum Gasteiger partial charge on any atom is -0.454 e. The molecule has 33 heavy (non-hydrogen) atoms. The van der Waals surface area contributed by atoms with E-state index in [1.165, 1.54) is 6.26 Å². The van der Waals surface area contributed by atoms with Gasteiger partial charge in [-0.05, 0) is 43.5 Å². The monoisotopic (exact) mass is 470 g/mol. The molecule has 0 bridgehead atoms. The van der Waals surface area contributed by atoms with Crippen LogP contribution in [-0.4, -0.2) is 32.4 Å². The summed E-state index contributed by atoms with van der Waals surface area (Å²) in [5.74, 6) is 1.19. The molecule has 1 aliphatic carbocycles. The van der Waals surface area contributed by atoms with Gasteiger partial charge in [0.25, 0.3) is 0 Å². The maximum absolute atomic E-state index is 13.3. The first-order valence-electron chi connectivity index (χ1n) is 10.9. The molecule has 7 nitrogen and oxygen atoms in total. The van der Waals surface area contributed by atoms with E-state index in [1.807, 2.05) is 39.0 Å². The van der Waals surface area contributed by atoms with Crippen molar-refractivity contribution in [2.24, 2.45) is 0 Å². The van der Waals surface area contributed by atoms with Crippen LogP contribution in [0.1, 0.15) is 51.8 Å². The number of aromatic amines is 1. The van der Waals surface area contributed by atoms with Crippen LogP contribution in [0.25, 0.3) is 12.7 Å². The first kappa shape index (κ1) is 23.2. The van der Waals surface area contributed by atoms with Crippen LogP contribution in [0.15, 0.2) is 34.9 Å². The lowest BCUT2D eigenvalue weighted by Crippen LogP contribution is -2.35. The molecule has 2 heterocycles. The Labute approximate surface area is 194 Å². The number of amides is 1. The molecule has 1 saturated carbocycles. The second kappa shape index (κ2) is 7.80. The molecule has 0 saturated heterocycles. The number of aromatic nitrogens is 1. The Morgan fingerprint density at radius 1 is 1.21 bits per heavy atom. The summed E-state index contributed by atoms with van der Waals surface area (Å²) in [6.07, 6.45) is 6.07. The highest BCUT2D eigenvalue weighted by atomic mass is 32.2. The first-order valence-corrected chi connectivity index (χ1v) is 12.8. The van der Waals surface area contributed by atoms with E-state index < -0.39 is 20.7 Å². The van der Waals surface area contributed by atoms with E-state index in [2.05, 4.69) is 16.9 Å². The minimum atomic E-state index is -3.54. The predicted octanol–water partition coefficient (Wildman–Crippen LogP) is 2.39. The summed E-state index contributed by atoms with van der Waals surface area (Å²) in [5.41, 5.74) is 0.938. The number of nitrogens with one attached hydrogen (secondary N) is 2. The van der Waals surface area contributed by atoms with Gasteiger partial charge in [0, 0.05) is 33.6 Å². The Hall–Kier alpha value is -3.00. The molecule has 1 aromatic carbocycles. The third-order valence-corrected chi connectivity index (χ3v) is 7.34. The summed E-state index contributed by atoms with van der Waals surface area (Å²) in [6.45, 7) is 11.8. The van der Waals surface area contributed by atoms with E-state index in [0.717, 1.165) is 18.4 Å². The highest BCUT2D eigenvalue weighted by molar-refractivity contribution is 7.90. The quantitative estimate of drug-likeness (QED) is 0.699. The van der Waals surface area contributed by atoms with Gasteiger partial charge in [-0.15, -0.1) is 0 Å². The number of fused-ring (bicyclic) bond motifs is 1. The Morgan fingerprint density at radius 2 is 1.88 bits per heavy atom. The van der Waals surface area contributed by atoms with Crippen molar-refractivity contribution in [1.82, 2.24) is 10.3 Å². The molecule has 0 unspecified atom stereocenters. The number of hydrogen-bond acceptors (Lipinski definition) is 5. The van der Waals surface area contributed by atoms with Crippen LogP contribution in [0.4, 0.5) is 0 Å². The molecule has 2 aromatic rings. The van der Waals surface area contributed by atoms with Crippen LogP contribution in [0, 0.1) is 0 Å². The van der Waals surface area contributed by atoms with Gasteiger partial charge in [-0.3, -0.25) is 4.79 Å². The van der Waals surface area contributed by atoms with Crippen molar-refractivity contribution in [3.8, 4) is 11.5 Å². The lowest BCUT2D eigenvalue weighted by atomic mass is 9.92. The molecule has 2 N–H and O–H groups in total. The van der Waals surface area contributed by atoms with E-state index in [9.17, 15) is 13.2 Å². The smallest absolute Gasteiger partial charge is 0.235 e. The van der Waals surface area contributed by atoms with Gasteiger partial charge in [-0.1, -0.05) is 39.5 Å². The molecular weight excluding hydrogens is 440 g/mol. The minimum absolute atomic E-state index is 0.135. The van der Waals surface area contributed by atoms with E-state index >= 15 is 0 Å². The van der Waals surface area contributed by atoms with Crippen molar-refractivity contribution >= 4 is 28.4 Å². The Kier molecular flexibility index (Phi) is 5.47. The summed E-state index contributed by atoms with van der Waals surface area (Å²) in [4.78, 5) is 16.7. The van der Waals surface area contributed by atoms with Gasteiger partial charge in [0.05, 0.1) is 10.3 Å². The summed E-state index contributed by atoms with van der Waals surface area (Å²) >= 11 is 0. The number of benzene rings is 1. The van der Waals surface area contributed by atoms with E-state index in [4.69, 9.17) is 9.47 Å². The van der Waals surface area contributed by atoms with Crippen molar-refractivity contribution in [3.63, 3.8) is 0 Å². The second-order valence-corrected chi connectivity index (χ2v) is 11.7. The van der Waals surface area contributed by atoms with E-state index in [0.29, 0.717) is 33.5 Å². The predicted molar refractivity (Wildman–Crippen MR) is 127 cm³/mol. The zero-order valence-electron chi connectivity index (χ0n) is 19.7. The van der Waals surface area contributed by atoms with Crippen LogP contribution < -0.4 is 25.4 Å². The lowest BCUT2D eigenvalue weighted by molar-refractivity contribution is -0.122. The summed E-state index contributed by atoms with van der Waals surface area (Å²) in [7, 11) is -3.54. The molecular formula is C25H30N2O5S. The van der Waals surface area contributed by atoms with Crippen LogP contribution in [-0.2, 0) is 25.5 Å². The number of carbonyl (C=O) groups is 1. The number of allylic oxidation sites excluding steroid dienone is 2. The zero-order chi connectivity index (χ0) is 24.2. The molecule has 2 aliphatic rings. The molecule has 0 spiro atoms.